The van der Waals surface area contributed by atoms with Gasteiger partial charge in [-0.2, -0.15) is 0 Å². The van der Waals surface area contributed by atoms with Gasteiger partial charge in [-0.1, -0.05) is 0 Å². The smallest absolute Gasteiger partial charge is 0.183 e. The third-order valence-electron chi connectivity index (χ3n) is 1.83. The molecule has 0 amide bonds. The zero-order chi connectivity index (χ0) is 8.59. The van der Waals surface area contributed by atoms with E-state index in [4.69, 9.17) is 20.4 Å². The monoisotopic (exact) mass is 164 g/mol. The fraction of sp³-hybridized carbons (Fsp3) is 1.00. The van der Waals surface area contributed by atoms with Crippen molar-refractivity contribution in [1.29, 1.82) is 0 Å². The third-order valence-corrected chi connectivity index (χ3v) is 1.83. The predicted molar refractivity (Wildman–Crippen MR) is 34.6 cm³/mol. The van der Waals surface area contributed by atoms with Crippen LogP contribution >= 0.6 is 0 Å². The van der Waals surface area contributed by atoms with Gasteiger partial charge in [0.25, 0.3) is 0 Å². The van der Waals surface area contributed by atoms with E-state index in [0.29, 0.717) is 0 Å². The first-order chi connectivity index (χ1) is 5.04. The number of ether oxygens (including phenoxy) is 1. The van der Waals surface area contributed by atoms with Crippen LogP contribution in [0.1, 0.15) is 6.92 Å². The van der Waals surface area contributed by atoms with Gasteiger partial charge in [0.15, 0.2) is 6.29 Å². The van der Waals surface area contributed by atoms with Gasteiger partial charge in [0.2, 0.25) is 0 Å². The molecule has 0 bridgehead atoms. The molecule has 0 spiro atoms. The summed E-state index contributed by atoms with van der Waals surface area (Å²) in [5, 5.41) is 36.0. The number of aliphatic hydroxyl groups is 4. The molecule has 0 aromatic rings. The first kappa shape index (κ1) is 8.89. The van der Waals surface area contributed by atoms with Crippen molar-refractivity contribution in [3.05, 3.63) is 0 Å². The van der Waals surface area contributed by atoms with Crippen LogP contribution in [0.25, 0.3) is 0 Å². The van der Waals surface area contributed by atoms with Crippen molar-refractivity contribution < 1.29 is 25.2 Å². The average Bonchev–Trinajstić information content (AvgIpc) is 1.97. The van der Waals surface area contributed by atoms with Gasteiger partial charge < -0.3 is 25.2 Å². The molecule has 0 aromatic carbocycles. The largest absolute Gasteiger partial charge is 0.388 e. The van der Waals surface area contributed by atoms with Gasteiger partial charge in [-0.3, -0.25) is 0 Å². The molecular formula is C6H12O5. The molecule has 0 radical (unpaired) electrons. The van der Waals surface area contributed by atoms with Crippen molar-refractivity contribution in [2.75, 3.05) is 0 Å². The van der Waals surface area contributed by atoms with Crippen molar-refractivity contribution in [3.63, 3.8) is 0 Å². The highest BCUT2D eigenvalue weighted by Gasteiger charge is 2.40. The average molecular weight is 164 g/mol. The minimum absolute atomic E-state index is 0.664. The molecule has 1 fully saturated rings. The second kappa shape index (κ2) is 3.04. The Morgan fingerprint density at radius 1 is 0.909 bits per heavy atom. The lowest BCUT2D eigenvalue weighted by Gasteiger charge is -2.36. The molecule has 1 heterocycles. The van der Waals surface area contributed by atoms with Gasteiger partial charge >= 0.3 is 0 Å². The lowest BCUT2D eigenvalue weighted by Crippen LogP contribution is -2.56. The van der Waals surface area contributed by atoms with Crippen LogP contribution in [0.15, 0.2) is 0 Å². The molecule has 0 aromatic heterocycles. The zero-order valence-corrected chi connectivity index (χ0v) is 6.08. The molecule has 5 nitrogen and oxygen atoms in total. The normalized spacial score (nSPS) is 52.6. The molecule has 4 unspecified atom stereocenters. The maximum Gasteiger partial charge on any atom is 0.183 e. The van der Waals surface area contributed by atoms with Crippen LogP contribution in [0.5, 0.6) is 0 Å². The van der Waals surface area contributed by atoms with Crippen molar-refractivity contribution in [2.45, 2.75) is 37.6 Å². The molecule has 1 saturated heterocycles. The molecule has 1 aliphatic rings. The molecule has 0 aliphatic carbocycles. The number of hydrogen-bond acceptors (Lipinski definition) is 5. The molecule has 0 saturated carbocycles. The SMILES string of the molecule is CC1O[C@H](O)C(O)C(O)C1O. The van der Waals surface area contributed by atoms with Crippen LogP contribution in [0.4, 0.5) is 0 Å². The van der Waals surface area contributed by atoms with Crippen molar-refractivity contribution in [3.8, 4) is 0 Å². The Kier molecular flexibility index (Phi) is 2.46. The van der Waals surface area contributed by atoms with E-state index >= 15 is 0 Å². The summed E-state index contributed by atoms with van der Waals surface area (Å²) in [7, 11) is 0. The summed E-state index contributed by atoms with van der Waals surface area (Å²) in [5.41, 5.74) is 0. The Morgan fingerprint density at radius 3 is 2.00 bits per heavy atom. The number of hydrogen-bond donors (Lipinski definition) is 4. The minimum Gasteiger partial charge on any atom is -0.388 e. The first-order valence-electron chi connectivity index (χ1n) is 3.41. The molecule has 5 atom stereocenters. The molecule has 11 heavy (non-hydrogen) atoms. The van der Waals surface area contributed by atoms with Gasteiger partial charge in [-0.15, -0.1) is 0 Å². The van der Waals surface area contributed by atoms with Crippen molar-refractivity contribution in [1.82, 2.24) is 0 Å². The Bertz CT molecular complexity index is 125. The summed E-state index contributed by atoms with van der Waals surface area (Å²) >= 11 is 0. The van der Waals surface area contributed by atoms with Crippen LogP contribution < -0.4 is 0 Å². The second-order valence-electron chi connectivity index (χ2n) is 2.70. The Balaban J connectivity index is 2.63. The van der Waals surface area contributed by atoms with Crippen LogP contribution in [-0.4, -0.2) is 51.1 Å². The van der Waals surface area contributed by atoms with Crippen molar-refractivity contribution >= 4 is 0 Å². The number of rotatable bonds is 0. The standard InChI is InChI=1S/C6H12O5/c1-2-3(7)4(8)5(9)6(10)11-2/h2-10H,1H3/t2?,3?,4?,5?,6-/m0/s1. The van der Waals surface area contributed by atoms with E-state index in [1.807, 2.05) is 0 Å². The highest BCUT2D eigenvalue weighted by molar-refractivity contribution is 4.86. The summed E-state index contributed by atoms with van der Waals surface area (Å²) in [4.78, 5) is 0. The highest BCUT2D eigenvalue weighted by atomic mass is 16.6. The van der Waals surface area contributed by atoms with E-state index in [2.05, 4.69) is 4.74 Å². The third kappa shape index (κ3) is 1.52. The topological polar surface area (TPSA) is 90.2 Å². The van der Waals surface area contributed by atoms with Gasteiger partial charge in [0.05, 0.1) is 6.10 Å². The second-order valence-corrected chi connectivity index (χ2v) is 2.70. The summed E-state index contributed by atoms with van der Waals surface area (Å²) in [6, 6.07) is 0. The van der Waals surface area contributed by atoms with E-state index in [9.17, 15) is 0 Å². The fourth-order valence-corrected chi connectivity index (χ4v) is 1.03. The Morgan fingerprint density at radius 2 is 1.45 bits per heavy atom. The van der Waals surface area contributed by atoms with E-state index in [0.717, 1.165) is 0 Å². The maximum atomic E-state index is 9.09. The lowest BCUT2D eigenvalue weighted by atomic mass is 10.0. The van der Waals surface area contributed by atoms with Crippen LogP contribution in [0, 0.1) is 0 Å². The molecule has 66 valence electrons. The molecule has 1 aliphatic heterocycles. The first-order valence-corrected chi connectivity index (χ1v) is 3.41. The molecule has 1 rings (SSSR count). The molecule has 5 heteroatoms. The Labute approximate surface area is 63.8 Å². The maximum absolute atomic E-state index is 9.09. The van der Waals surface area contributed by atoms with Gasteiger partial charge in [0.1, 0.15) is 18.3 Å². The lowest BCUT2D eigenvalue weighted by molar-refractivity contribution is -0.277. The fourth-order valence-electron chi connectivity index (χ4n) is 1.03. The highest BCUT2D eigenvalue weighted by Crippen LogP contribution is 2.18. The van der Waals surface area contributed by atoms with Crippen molar-refractivity contribution in [2.24, 2.45) is 0 Å². The van der Waals surface area contributed by atoms with Crippen LogP contribution in [-0.2, 0) is 4.74 Å². The van der Waals surface area contributed by atoms with Gasteiger partial charge in [0, 0.05) is 0 Å². The predicted octanol–water partition coefficient (Wildman–Crippen LogP) is -2.19. The van der Waals surface area contributed by atoms with Crippen LogP contribution in [0.3, 0.4) is 0 Å². The summed E-state index contributed by atoms with van der Waals surface area (Å²) in [5.74, 6) is 0. The van der Waals surface area contributed by atoms with E-state index < -0.39 is 30.7 Å². The Hall–Kier alpha value is -0.200. The van der Waals surface area contributed by atoms with E-state index in [-0.39, 0.29) is 0 Å². The minimum atomic E-state index is -1.43. The van der Waals surface area contributed by atoms with Gasteiger partial charge in [-0.25, -0.2) is 0 Å². The van der Waals surface area contributed by atoms with E-state index in [1.54, 1.807) is 0 Å². The molecular weight excluding hydrogens is 152 g/mol. The summed E-state index contributed by atoms with van der Waals surface area (Å²) in [6.07, 6.45) is -5.99. The quantitative estimate of drug-likeness (QED) is 0.326. The summed E-state index contributed by atoms with van der Waals surface area (Å²) in [6.45, 7) is 1.50. The van der Waals surface area contributed by atoms with E-state index in [1.165, 1.54) is 6.92 Å². The molecule has 4 N–H and O–H groups in total. The van der Waals surface area contributed by atoms with Crippen LogP contribution in [0.2, 0.25) is 0 Å². The zero-order valence-electron chi connectivity index (χ0n) is 6.08. The summed E-state index contributed by atoms with van der Waals surface area (Å²) < 4.78 is 4.68. The number of aliphatic hydroxyl groups excluding tert-OH is 4. The van der Waals surface area contributed by atoms with Gasteiger partial charge in [-0.05, 0) is 6.92 Å².